The zero-order valence-electron chi connectivity index (χ0n) is 35.4. The van der Waals surface area contributed by atoms with Crippen LogP contribution < -0.4 is 16.4 Å². The summed E-state index contributed by atoms with van der Waals surface area (Å²) in [5, 5.41) is 36.3. The number of phosphoric acid groups is 3. The van der Waals surface area contributed by atoms with Crippen molar-refractivity contribution in [2.45, 2.75) is 109 Å². The maximum Gasteiger partial charge on any atom is 0.481 e. The summed E-state index contributed by atoms with van der Waals surface area (Å²) in [5.41, 5.74) is 4.24. The Labute approximate surface area is 373 Å². The number of aliphatic hydroxyl groups excluding tert-OH is 3. The van der Waals surface area contributed by atoms with Crippen LogP contribution in [0.3, 0.4) is 0 Å². The smallest absolute Gasteiger partial charge is 0.392 e. The molecule has 362 valence electrons. The molecule has 25 nitrogen and oxygen atoms in total. The number of carbonyl (C=O) groups excluding carboxylic acids is 3. The fourth-order valence-corrected chi connectivity index (χ4v) is 9.36. The van der Waals surface area contributed by atoms with E-state index in [1.165, 1.54) is 26.7 Å². The number of rotatable bonds is 29. The molecule has 0 bridgehead atoms. The van der Waals surface area contributed by atoms with Crippen LogP contribution in [0.4, 0.5) is 5.82 Å². The summed E-state index contributed by atoms with van der Waals surface area (Å²) in [6.07, 6.45) is 5.77. The third-order valence-electron chi connectivity index (χ3n) is 9.16. The van der Waals surface area contributed by atoms with Gasteiger partial charge < -0.3 is 56.0 Å². The van der Waals surface area contributed by atoms with Crippen LogP contribution in [0, 0.1) is 5.41 Å². The second-order valence-electron chi connectivity index (χ2n) is 15.1. The molecular formula is C35H58N7O18P3S. The van der Waals surface area contributed by atoms with Gasteiger partial charge in [0, 0.05) is 37.1 Å². The number of nitrogen functional groups attached to an aromatic ring is 1. The van der Waals surface area contributed by atoms with Crippen molar-refractivity contribution in [1.82, 2.24) is 30.2 Å². The summed E-state index contributed by atoms with van der Waals surface area (Å²) in [6, 6.07) is 0. The first-order chi connectivity index (χ1) is 29.9. The molecule has 1 fully saturated rings. The number of imidazole rings is 1. The zero-order valence-corrected chi connectivity index (χ0v) is 38.9. The van der Waals surface area contributed by atoms with Crippen LogP contribution in [0.1, 0.15) is 78.4 Å². The first-order valence-corrected chi connectivity index (χ1v) is 25.5. The molecule has 0 spiro atoms. The number of hydrogen-bond acceptors (Lipinski definition) is 19. The topological polar surface area (TPSA) is 384 Å². The maximum absolute atomic E-state index is 12.7. The highest BCUT2D eigenvalue weighted by atomic mass is 32.2. The Morgan fingerprint density at radius 3 is 2.41 bits per heavy atom. The zero-order chi connectivity index (χ0) is 47.7. The lowest BCUT2D eigenvalue weighted by Crippen LogP contribution is -2.46. The molecule has 1 saturated heterocycles. The number of anilines is 1. The molecule has 0 aliphatic carbocycles. The van der Waals surface area contributed by atoms with Crippen molar-refractivity contribution < 1.29 is 85.6 Å². The van der Waals surface area contributed by atoms with E-state index < -0.39 is 90.7 Å². The number of nitrogens with two attached hydrogens (primary N) is 1. The van der Waals surface area contributed by atoms with Gasteiger partial charge in [0.1, 0.15) is 36.3 Å². The Hall–Kier alpha value is -3.00. The Morgan fingerprint density at radius 2 is 1.70 bits per heavy atom. The molecule has 29 heteroatoms. The lowest BCUT2D eigenvalue weighted by atomic mass is 9.87. The molecule has 3 heterocycles. The molecule has 64 heavy (non-hydrogen) atoms. The number of thioether (sulfide) groups is 1. The van der Waals surface area contributed by atoms with E-state index in [1.807, 2.05) is 12.2 Å². The van der Waals surface area contributed by atoms with Gasteiger partial charge in [0.2, 0.25) is 11.8 Å². The lowest BCUT2D eigenvalue weighted by molar-refractivity contribution is -0.137. The maximum atomic E-state index is 12.7. The van der Waals surface area contributed by atoms with Crippen LogP contribution >= 0.6 is 35.2 Å². The normalized spacial score (nSPS) is 21.2. The average Bonchev–Trinajstić information content (AvgIpc) is 3.76. The third kappa shape index (κ3) is 19.1. The number of hydrogen-bond donors (Lipinski definition) is 10. The number of ether oxygens (including phenoxy) is 1. The van der Waals surface area contributed by atoms with Crippen LogP contribution in [-0.4, -0.2) is 134 Å². The van der Waals surface area contributed by atoms with Crippen molar-refractivity contribution in [2.24, 2.45) is 5.41 Å². The lowest BCUT2D eigenvalue weighted by Gasteiger charge is -2.30. The van der Waals surface area contributed by atoms with E-state index in [-0.39, 0.29) is 53.8 Å². The van der Waals surface area contributed by atoms with E-state index in [0.29, 0.717) is 6.42 Å². The van der Waals surface area contributed by atoms with Crippen molar-refractivity contribution in [3.63, 3.8) is 0 Å². The van der Waals surface area contributed by atoms with Gasteiger partial charge in [-0.3, -0.25) is 32.5 Å². The van der Waals surface area contributed by atoms with Crippen LogP contribution in [0.15, 0.2) is 37.0 Å². The minimum absolute atomic E-state index is 0.0256. The number of fused-ring (bicyclic) bond motifs is 1. The Balaban J connectivity index is 1.38. The van der Waals surface area contributed by atoms with E-state index in [0.717, 1.165) is 48.2 Å². The number of allylic oxidation sites excluding steroid dienone is 3. The number of phosphoric ester groups is 3. The Morgan fingerprint density at radius 1 is 1.00 bits per heavy atom. The van der Waals surface area contributed by atoms with Gasteiger partial charge in [-0.2, -0.15) is 4.31 Å². The summed E-state index contributed by atoms with van der Waals surface area (Å²) in [5.74, 6) is -1.27. The fraction of sp³-hybridized carbons (Fsp3) is 0.657. The van der Waals surface area contributed by atoms with E-state index in [9.17, 15) is 63.0 Å². The Kier molecular flexibility index (Phi) is 22.3. The van der Waals surface area contributed by atoms with Crippen molar-refractivity contribution in [3.05, 3.63) is 37.0 Å². The predicted molar refractivity (Wildman–Crippen MR) is 229 cm³/mol. The molecular weight excluding hydrogens is 931 g/mol. The minimum Gasteiger partial charge on any atom is -0.392 e. The third-order valence-corrected chi connectivity index (χ3v) is 13.2. The molecule has 11 N–H and O–H groups in total. The number of aromatic nitrogens is 4. The minimum atomic E-state index is -5.59. The van der Waals surface area contributed by atoms with E-state index >= 15 is 0 Å². The van der Waals surface area contributed by atoms with Gasteiger partial charge in [-0.1, -0.05) is 69.7 Å². The quantitative estimate of drug-likeness (QED) is 0.0316. The molecule has 2 aromatic rings. The van der Waals surface area contributed by atoms with E-state index in [2.05, 4.69) is 53.5 Å². The molecule has 0 aromatic carbocycles. The van der Waals surface area contributed by atoms with Crippen molar-refractivity contribution in [1.29, 1.82) is 0 Å². The molecule has 0 radical (unpaired) electrons. The number of carbonyl (C=O) groups is 3. The standard InChI is InChI=1S/C35H58N7O18P3S/c1-4-5-6-7-8-9-10-11-12-13-23(43)18-26(45)64-17-16-37-25(44)14-15-38-33(48)30(47)35(2,3)20-57-63(54,55)60-62(52,53)56-19-24-29(59-61(49,50)51)28(46)34(58-24)42-22-41-27-31(36)39-21-40-32(27)42/h8-9,11-12,21-24,28-30,34,43,46-47H,4-7,10,13-20H2,1-3H3,(H,37,44)(H,38,48)(H,52,53)(H,54,55)(H2,36,39,40)(H2,49,50,51)/t23?,24-,28-,29-,30+,34-/m1/s1. The molecule has 0 saturated carbocycles. The number of amides is 2. The summed E-state index contributed by atoms with van der Waals surface area (Å²) >= 11 is 0.960. The van der Waals surface area contributed by atoms with Gasteiger partial charge in [0.25, 0.3) is 0 Å². The van der Waals surface area contributed by atoms with Crippen molar-refractivity contribution in [2.75, 3.05) is 37.8 Å². The molecule has 8 atom stereocenters. The first-order valence-electron chi connectivity index (χ1n) is 20.0. The molecule has 3 unspecified atom stereocenters. The number of aliphatic hydroxyl groups is 3. The summed E-state index contributed by atoms with van der Waals surface area (Å²) in [4.78, 5) is 88.1. The summed E-state index contributed by atoms with van der Waals surface area (Å²) < 4.78 is 62.3. The van der Waals surface area contributed by atoms with Crippen molar-refractivity contribution in [3.8, 4) is 0 Å². The van der Waals surface area contributed by atoms with Gasteiger partial charge in [0.05, 0.1) is 25.6 Å². The van der Waals surface area contributed by atoms with Crippen molar-refractivity contribution >= 4 is 69.1 Å². The fourth-order valence-electron chi connectivity index (χ4n) is 5.78. The van der Waals surface area contributed by atoms with Gasteiger partial charge in [-0.05, 0) is 25.7 Å². The molecule has 1 aliphatic rings. The van der Waals surface area contributed by atoms with Gasteiger partial charge in [0.15, 0.2) is 22.8 Å². The molecule has 2 amide bonds. The van der Waals surface area contributed by atoms with Crippen LogP contribution in [-0.2, 0) is 50.7 Å². The number of nitrogens with one attached hydrogen (secondary N) is 2. The average molecular weight is 990 g/mol. The van der Waals surface area contributed by atoms with Gasteiger partial charge in [-0.25, -0.2) is 28.6 Å². The highest BCUT2D eigenvalue weighted by Gasteiger charge is 2.50. The summed E-state index contributed by atoms with van der Waals surface area (Å²) in [6.45, 7) is 2.50. The number of unbranched alkanes of at least 4 members (excludes halogenated alkanes) is 3. The second-order valence-corrected chi connectivity index (χ2v) is 20.4. The van der Waals surface area contributed by atoms with Crippen LogP contribution in [0.2, 0.25) is 0 Å². The predicted octanol–water partition coefficient (Wildman–Crippen LogP) is 1.89. The molecule has 3 rings (SSSR count). The highest BCUT2D eigenvalue weighted by Crippen LogP contribution is 2.61. The van der Waals surface area contributed by atoms with Gasteiger partial charge >= 0.3 is 23.5 Å². The van der Waals surface area contributed by atoms with Gasteiger partial charge in [-0.15, -0.1) is 0 Å². The van der Waals surface area contributed by atoms with Crippen LogP contribution in [0.5, 0.6) is 0 Å². The first kappa shape index (κ1) is 55.3. The monoisotopic (exact) mass is 989 g/mol. The largest absolute Gasteiger partial charge is 0.481 e. The van der Waals surface area contributed by atoms with E-state index in [1.54, 1.807) is 0 Å². The molecule has 2 aromatic heterocycles. The number of nitrogens with zero attached hydrogens (tertiary/aromatic N) is 4. The SMILES string of the molecule is CCCCCC=CCC=CCC(O)CC(=O)SCCNC(=O)CCNC(=O)[C@H](O)C(C)(C)COP(=O)(O)OP(=O)(O)OC[C@H]1O[C@@H](n2cnc3c(N)ncnc32)[C@H](O)[C@@H]1OP(=O)(O)O. The summed E-state index contributed by atoms with van der Waals surface area (Å²) in [7, 11) is -16.4. The van der Waals surface area contributed by atoms with E-state index in [4.69, 9.17) is 19.5 Å². The second kappa shape index (κ2) is 25.8. The highest BCUT2D eigenvalue weighted by molar-refractivity contribution is 8.13. The van der Waals surface area contributed by atoms with Crippen LogP contribution in [0.25, 0.3) is 11.2 Å². The Bertz CT molecular complexity index is 2060. The molecule has 1 aliphatic heterocycles.